The first-order valence-corrected chi connectivity index (χ1v) is 11.5. The second-order valence-electron chi connectivity index (χ2n) is 8.13. The van der Waals surface area contributed by atoms with Gasteiger partial charge in [0.2, 0.25) is 5.78 Å². The van der Waals surface area contributed by atoms with Gasteiger partial charge in [-0.15, -0.1) is 0 Å². The maximum Gasteiger partial charge on any atom is 0.210 e. The van der Waals surface area contributed by atoms with Crippen LogP contribution in [0, 0.1) is 0 Å². The van der Waals surface area contributed by atoms with Crippen LogP contribution in [0.25, 0.3) is 0 Å². The van der Waals surface area contributed by atoms with Gasteiger partial charge in [-0.3, -0.25) is 14.5 Å². The van der Waals surface area contributed by atoms with E-state index in [1.807, 2.05) is 0 Å². The van der Waals surface area contributed by atoms with Crippen molar-refractivity contribution in [3.8, 4) is 17.2 Å². The van der Waals surface area contributed by atoms with Crippen LogP contribution in [0.3, 0.4) is 0 Å². The predicted molar refractivity (Wildman–Crippen MR) is 128 cm³/mol. The summed E-state index contributed by atoms with van der Waals surface area (Å²) in [4.78, 5) is 28.5. The maximum absolute atomic E-state index is 13.1. The normalized spacial score (nSPS) is 16.0. The number of allylic oxidation sites excluding steroid dienone is 2. The van der Waals surface area contributed by atoms with Gasteiger partial charge in [0.05, 0.1) is 45.3 Å². The quantitative estimate of drug-likeness (QED) is 0.532. The van der Waals surface area contributed by atoms with Crippen molar-refractivity contribution in [2.45, 2.75) is 12.8 Å². The first-order valence-electron chi connectivity index (χ1n) is 11.5. The Bertz CT molecular complexity index is 1070. The summed E-state index contributed by atoms with van der Waals surface area (Å²) in [7, 11) is 3.09. The first-order chi connectivity index (χ1) is 16.6. The molecule has 1 fully saturated rings. The first kappa shape index (κ1) is 23.8. The number of ether oxygens (including phenoxy) is 4. The van der Waals surface area contributed by atoms with Crippen LogP contribution in [0.15, 0.2) is 48.2 Å². The van der Waals surface area contributed by atoms with Gasteiger partial charge in [-0.1, -0.05) is 6.07 Å². The van der Waals surface area contributed by atoms with Gasteiger partial charge >= 0.3 is 0 Å². The third-order valence-electron chi connectivity index (χ3n) is 5.93. The molecule has 180 valence electrons. The van der Waals surface area contributed by atoms with Gasteiger partial charge in [0.15, 0.2) is 17.3 Å². The highest BCUT2D eigenvalue weighted by molar-refractivity contribution is 6.26. The summed E-state index contributed by atoms with van der Waals surface area (Å²) in [6, 6.07) is 10.3. The van der Waals surface area contributed by atoms with Crippen molar-refractivity contribution in [1.82, 2.24) is 4.90 Å². The molecule has 0 radical (unpaired) electrons. The number of anilines is 1. The lowest BCUT2D eigenvalue weighted by Crippen LogP contribution is -2.36. The molecule has 2 aromatic carbocycles. The van der Waals surface area contributed by atoms with Gasteiger partial charge in [0, 0.05) is 36.5 Å². The van der Waals surface area contributed by atoms with Gasteiger partial charge in [0.1, 0.15) is 5.75 Å². The minimum Gasteiger partial charge on any atom is -0.493 e. The molecule has 2 aromatic rings. The number of hydrogen-bond donors (Lipinski definition) is 1. The van der Waals surface area contributed by atoms with Crippen molar-refractivity contribution in [1.29, 1.82) is 0 Å². The highest BCUT2D eigenvalue weighted by atomic mass is 16.5. The molecule has 1 aliphatic heterocycles. The van der Waals surface area contributed by atoms with E-state index < -0.39 is 0 Å². The standard InChI is InChI=1S/C26H30N2O6/c1-31-22-9-8-18(16-24(22)32-2)27-20-17-21(29)25-19(26(20)30)6-5-7-23(25)34-13-4-3-10-28-11-14-33-15-12-28/h5-9,16-17,27H,3-4,10-15H2,1-2H3. The van der Waals surface area contributed by atoms with E-state index in [1.54, 1.807) is 43.5 Å². The highest BCUT2D eigenvalue weighted by Crippen LogP contribution is 2.33. The van der Waals surface area contributed by atoms with Crippen molar-refractivity contribution in [2.24, 2.45) is 0 Å². The number of ketones is 2. The fourth-order valence-corrected chi connectivity index (χ4v) is 4.12. The number of methoxy groups -OCH3 is 2. The van der Waals surface area contributed by atoms with E-state index in [1.165, 1.54) is 13.2 Å². The summed E-state index contributed by atoms with van der Waals surface area (Å²) >= 11 is 0. The minimum atomic E-state index is -0.263. The van der Waals surface area contributed by atoms with E-state index in [9.17, 15) is 9.59 Å². The average molecular weight is 467 g/mol. The lowest BCUT2D eigenvalue weighted by molar-refractivity contribution is 0.0368. The van der Waals surface area contributed by atoms with E-state index in [2.05, 4.69) is 10.2 Å². The number of carbonyl (C=O) groups excluding carboxylic acids is 2. The zero-order chi connectivity index (χ0) is 23.9. The van der Waals surface area contributed by atoms with Crippen molar-refractivity contribution in [3.63, 3.8) is 0 Å². The molecule has 8 nitrogen and oxygen atoms in total. The average Bonchev–Trinajstić information content (AvgIpc) is 2.87. The Morgan fingerprint density at radius 2 is 1.76 bits per heavy atom. The van der Waals surface area contributed by atoms with Crippen LogP contribution in [0.1, 0.15) is 33.6 Å². The molecule has 34 heavy (non-hydrogen) atoms. The number of hydrogen-bond acceptors (Lipinski definition) is 8. The summed E-state index contributed by atoms with van der Waals surface area (Å²) in [5.41, 5.74) is 1.47. The Hall–Kier alpha value is -3.36. The van der Waals surface area contributed by atoms with Gasteiger partial charge < -0.3 is 24.3 Å². The summed E-state index contributed by atoms with van der Waals surface area (Å²) in [5, 5.41) is 3.04. The minimum absolute atomic E-state index is 0.201. The second-order valence-corrected chi connectivity index (χ2v) is 8.13. The van der Waals surface area contributed by atoms with Gasteiger partial charge in [-0.05, 0) is 43.7 Å². The third kappa shape index (κ3) is 5.40. The van der Waals surface area contributed by atoms with Crippen LogP contribution in [0.2, 0.25) is 0 Å². The number of Topliss-reactive ketones (excluding diaryl/α,β-unsaturated/α-hetero) is 1. The summed E-state index contributed by atoms with van der Waals surface area (Å²) in [6.45, 7) is 5.01. The van der Waals surface area contributed by atoms with E-state index in [4.69, 9.17) is 18.9 Å². The Kier molecular flexibility index (Phi) is 7.82. The largest absolute Gasteiger partial charge is 0.493 e. The molecular weight excluding hydrogens is 436 g/mol. The maximum atomic E-state index is 13.1. The van der Waals surface area contributed by atoms with Crippen molar-refractivity contribution >= 4 is 17.3 Å². The molecule has 1 aliphatic carbocycles. The number of carbonyl (C=O) groups is 2. The molecule has 0 unspecified atom stereocenters. The van der Waals surface area contributed by atoms with Crippen molar-refractivity contribution in [2.75, 3.05) is 59.0 Å². The topological polar surface area (TPSA) is 86.3 Å². The van der Waals surface area contributed by atoms with E-state index in [-0.39, 0.29) is 17.3 Å². The lowest BCUT2D eigenvalue weighted by Gasteiger charge is -2.26. The zero-order valence-electron chi connectivity index (χ0n) is 19.6. The number of rotatable bonds is 10. The molecule has 1 heterocycles. The molecule has 0 bridgehead atoms. The van der Waals surface area contributed by atoms with Crippen LogP contribution in [0.5, 0.6) is 17.2 Å². The Morgan fingerprint density at radius 3 is 2.53 bits per heavy atom. The van der Waals surface area contributed by atoms with E-state index in [0.717, 1.165) is 45.7 Å². The molecule has 0 amide bonds. The van der Waals surface area contributed by atoms with Crippen LogP contribution in [0.4, 0.5) is 5.69 Å². The molecule has 0 aromatic heterocycles. The molecule has 0 saturated carbocycles. The van der Waals surface area contributed by atoms with Gasteiger partial charge in [0.25, 0.3) is 0 Å². The number of fused-ring (bicyclic) bond motifs is 1. The van der Waals surface area contributed by atoms with Crippen LogP contribution >= 0.6 is 0 Å². The van der Waals surface area contributed by atoms with Crippen LogP contribution < -0.4 is 19.5 Å². The number of nitrogens with zero attached hydrogens (tertiary/aromatic N) is 1. The summed E-state index contributed by atoms with van der Waals surface area (Å²) in [6.07, 6.45) is 3.19. The predicted octanol–water partition coefficient (Wildman–Crippen LogP) is 3.57. The van der Waals surface area contributed by atoms with Crippen LogP contribution in [-0.4, -0.2) is 70.1 Å². The number of morpholine rings is 1. The van der Waals surface area contributed by atoms with Crippen molar-refractivity contribution in [3.05, 3.63) is 59.3 Å². The van der Waals surface area contributed by atoms with Crippen LogP contribution in [-0.2, 0) is 4.74 Å². The fourth-order valence-electron chi connectivity index (χ4n) is 4.12. The van der Waals surface area contributed by atoms with Gasteiger partial charge in [-0.25, -0.2) is 0 Å². The Balaban J connectivity index is 1.40. The summed E-state index contributed by atoms with van der Waals surface area (Å²) < 4.78 is 21.9. The third-order valence-corrected chi connectivity index (χ3v) is 5.93. The van der Waals surface area contributed by atoms with E-state index in [0.29, 0.717) is 40.7 Å². The number of benzene rings is 2. The smallest absolute Gasteiger partial charge is 0.210 e. The lowest BCUT2D eigenvalue weighted by atomic mass is 9.91. The Morgan fingerprint density at radius 1 is 0.971 bits per heavy atom. The fraction of sp³-hybridized carbons (Fsp3) is 0.385. The molecule has 0 atom stereocenters. The molecular formula is C26H30N2O6. The molecule has 1 N–H and O–H groups in total. The summed E-state index contributed by atoms with van der Waals surface area (Å²) in [5.74, 6) is 1.02. The molecule has 1 saturated heterocycles. The molecule has 4 rings (SSSR count). The number of unbranched alkanes of at least 4 members (excludes halogenated alkanes) is 1. The monoisotopic (exact) mass is 466 g/mol. The highest BCUT2D eigenvalue weighted by Gasteiger charge is 2.29. The second kappa shape index (κ2) is 11.2. The Labute approximate surface area is 199 Å². The molecule has 8 heteroatoms. The molecule has 2 aliphatic rings. The zero-order valence-corrected chi connectivity index (χ0v) is 19.6. The molecule has 0 spiro atoms. The van der Waals surface area contributed by atoms with Crippen molar-refractivity contribution < 1.29 is 28.5 Å². The van der Waals surface area contributed by atoms with E-state index >= 15 is 0 Å². The SMILES string of the molecule is COc1ccc(NC2=CC(=O)c3c(OCCCCN4CCOCC4)cccc3C2=O)cc1OC. The van der Waals surface area contributed by atoms with Gasteiger partial charge in [-0.2, -0.15) is 0 Å². The number of nitrogens with one attached hydrogen (secondary N) is 1.